The number of hydrogen-bond acceptors (Lipinski definition) is 8. The van der Waals surface area contributed by atoms with Gasteiger partial charge in [0.25, 0.3) is 5.69 Å². The second kappa shape index (κ2) is 7.22. The predicted molar refractivity (Wildman–Crippen MR) is 89.7 cm³/mol. The van der Waals surface area contributed by atoms with Gasteiger partial charge in [-0.2, -0.15) is 0 Å². The minimum Gasteiger partial charge on any atom is -0.459 e. The Balaban J connectivity index is 1.63. The normalized spacial score (nSPS) is 28.4. The molecule has 0 spiro atoms. The van der Waals surface area contributed by atoms with Crippen LogP contribution >= 0.6 is 0 Å². The van der Waals surface area contributed by atoms with Gasteiger partial charge in [0, 0.05) is 19.1 Å². The molecule has 0 saturated carbocycles. The second-order valence-corrected chi connectivity index (χ2v) is 6.77. The first-order chi connectivity index (χ1) is 12.7. The molecule has 0 bridgehead atoms. The number of ether oxygens (including phenoxy) is 4. The smallest absolute Gasteiger partial charge is 0.338 e. The molecule has 146 valence electrons. The maximum absolute atomic E-state index is 12.2. The Morgan fingerprint density at radius 2 is 1.93 bits per heavy atom. The summed E-state index contributed by atoms with van der Waals surface area (Å²) in [6.07, 6.45) is -1.85. The first kappa shape index (κ1) is 19.2. The van der Waals surface area contributed by atoms with Crippen molar-refractivity contribution in [1.29, 1.82) is 0 Å². The molecule has 1 aromatic rings. The number of nitro benzene ring substituents is 1. The molecule has 27 heavy (non-hydrogen) atoms. The average Bonchev–Trinajstić information content (AvgIpc) is 3.05. The van der Waals surface area contributed by atoms with Gasteiger partial charge in [0.1, 0.15) is 18.8 Å². The lowest BCUT2D eigenvalue weighted by Gasteiger charge is -2.25. The van der Waals surface area contributed by atoms with Crippen LogP contribution in [-0.4, -0.2) is 53.7 Å². The molecular weight excluding hydrogens is 360 g/mol. The maximum Gasteiger partial charge on any atom is 0.338 e. The van der Waals surface area contributed by atoms with E-state index in [0.717, 1.165) is 0 Å². The molecule has 0 unspecified atom stereocenters. The van der Waals surface area contributed by atoms with E-state index >= 15 is 0 Å². The van der Waals surface area contributed by atoms with Gasteiger partial charge in [-0.3, -0.25) is 14.9 Å². The molecule has 4 atom stereocenters. The van der Waals surface area contributed by atoms with E-state index in [2.05, 4.69) is 5.32 Å². The van der Waals surface area contributed by atoms with Gasteiger partial charge in [0.05, 0.1) is 16.5 Å². The number of rotatable bonds is 5. The fraction of sp³-hybridized carbons (Fsp3) is 0.529. The van der Waals surface area contributed by atoms with Gasteiger partial charge in [-0.1, -0.05) is 0 Å². The van der Waals surface area contributed by atoms with Crippen LogP contribution < -0.4 is 5.32 Å². The van der Waals surface area contributed by atoms with Crippen molar-refractivity contribution < 1.29 is 33.5 Å². The summed E-state index contributed by atoms with van der Waals surface area (Å²) in [5.74, 6) is -1.77. The fourth-order valence-corrected chi connectivity index (χ4v) is 3.09. The quantitative estimate of drug-likeness (QED) is 0.458. The van der Waals surface area contributed by atoms with Crippen LogP contribution in [0, 0.1) is 10.1 Å². The number of hydrogen-bond donors (Lipinski definition) is 1. The number of benzene rings is 1. The summed E-state index contributed by atoms with van der Waals surface area (Å²) < 4.78 is 22.4. The van der Waals surface area contributed by atoms with Crippen LogP contribution in [0.15, 0.2) is 24.3 Å². The second-order valence-electron chi connectivity index (χ2n) is 6.77. The molecule has 10 nitrogen and oxygen atoms in total. The van der Waals surface area contributed by atoms with E-state index in [0.29, 0.717) is 0 Å². The van der Waals surface area contributed by atoms with Crippen LogP contribution in [0.5, 0.6) is 0 Å². The number of amides is 1. The van der Waals surface area contributed by atoms with Crippen LogP contribution in [0.2, 0.25) is 0 Å². The summed E-state index contributed by atoms with van der Waals surface area (Å²) in [5.41, 5.74) is 0.0460. The van der Waals surface area contributed by atoms with E-state index in [-0.39, 0.29) is 23.8 Å². The van der Waals surface area contributed by atoms with Crippen LogP contribution in [-0.2, 0) is 23.7 Å². The zero-order valence-corrected chi connectivity index (χ0v) is 15.0. The van der Waals surface area contributed by atoms with Crippen molar-refractivity contribution in [2.45, 2.75) is 51.1 Å². The molecule has 0 aliphatic carbocycles. The molecule has 2 fully saturated rings. The van der Waals surface area contributed by atoms with Crippen molar-refractivity contribution in [1.82, 2.24) is 5.32 Å². The predicted octanol–water partition coefficient (Wildman–Crippen LogP) is 1.13. The lowest BCUT2D eigenvalue weighted by molar-refractivity contribution is -0.384. The van der Waals surface area contributed by atoms with E-state index in [1.165, 1.54) is 31.2 Å². The molecule has 1 aromatic carbocycles. The maximum atomic E-state index is 12.2. The number of non-ortho nitro benzene ring substituents is 1. The van der Waals surface area contributed by atoms with Crippen molar-refractivity contribution in [2.24, 2.45) is 0 Å². The third-order valence-corrected chi connectivity index (χ3v) is 4.21. The van der Waals surface area contributed by atoms with Gasteiger partial charge in [-0.05, 0) is 26.0 Å². The molecule has 1 N–H and O–H groups in total. The highest BCUT2D eigenvalue weighted by Crippen LogP contribution is 2.37. The average molecular weight is 380 g/mol. The Morgan fingerprint density at radius 3 is 2.52 bits per heavy atom. The molecule has 2 heterocycles. The Labute approximate surface area is 154 Å². The highest BCUT2D eigenvalue weighted by atomic mass is 16.8. The van der Waals surface area contributed by atoms with Crippen molar-refractivity contribution >= 4 is 17.6 Å². The topological polar surface area (TPSA) is 126 Å². The van der Waals surface area contributed by atoms with Crippen LogP contribution in [0.4, 0.5) is 5.69 Å². The molecule has 0 aromatic heterocycles. The Morgan fingerprint density at radius 1 is 1.26 bits per heavy atom. The van der Waals surface area contributed by atoms with Crippen molar-refractivity contribution in [3.63, 3.8) is 0 Å². The lowest BCUT2D eigenvalue weighted by Crippen LogP contribution is -2.49. The van der Waals surface area contributed by atoms with Gasteiger partial charge in [-0.25, -0.2) is 4.79 Å². The van der Waals surface area contributed by atoms with Crippen LogP contribution in [0.1, 0.15) is 31.1 Å². The van der Waals surface area contributed by atoms with Crippen molar-refractivity contribution in [3.8, 4) is 0 Å². The van der Waals surface area contributed by atoms with E-state index in [9.17, 15) is 19.7 Å². The summed E-state index contributed by atoms with van der Waals surface area (Å²) in [5, 5.41) is 13.4. The highest BCUT2D eigenvalue weighted by Gasteiger charge is 2.55. The molecule has 1 amide bonds. The lowest BCUT2D eigenvalue weighted by atomic mass is 10.1. The summed E-state index contributed by atoms with van der Waals surface area (Å²) >= 11 is 0. The number of nitrogens with zero attached hydrogens (tertiary/aromatic N) is 1. The highest BCUT2D eigenvalue weighted by molar-refractivity contribution is 5.89. The minimum atomic E-state index is -0.841. The molecule has 10 heteroatoms. The Bertz CT molecular complexity index is 748. The Kier molecular flexibility index (Phi) is 5.13. The molecular formula is C17H20N2O8. The molecule has 2 aliphatic heterocycles. The molecule has 0 radical (unpaired) electrons. The number of carbonyl (C=O) groups is 2. The van der Waals surface area contributed by atoms with Gasteiger partial charge in [-0.15, -0.1) is 0 Å². The molecule has 2 saturated heterocycles. The van der Waals surface area contributed by atoms with Crippen LogP contribution in [0.3, 0.4) is 0 Å². The summed E-state index contributed by atoms with van der Waals surface area (Å²) in [6, 6.07) is 4.52. The van der Waals surface area contributed by atoms with E-state index in [1.54, 1.807) is 13.8 Å². The number of esters is 1. The number of nitro groups is 1. The fourth-order valence-electron chi connectivity index (χ4n) is 3.09. The number of nitrogens with one attached hydrogen (secondary N) is 1. The SMILES string of the molecule is CC(=O)N[C@@H]1[C@H]2OC(C)(C)O[C@@H]2O[C@H]1COC(=O)c1ccc([N+](=O)[O-])cc1. The first-order valence-corrected chi connectivity index (χ1v) is 8.36. The summed E-state index contributed by atoms with van der Waals surface area (Å²) in [7, 11) is 0. The van der Waals surface area contributed by atoms with Crippen molar-refractivity contribution in [3.05, 3.63) is 39.9 Å². The molecule has 2 aliphatic rings. The zero-order valence-electron chi connectivity index (χ0n) is 15.0. The van der Waals surface area contributed by atoms with E-state index in [1.807, 2.05) is 0 Å². The van der Waals surface area contributed by atoms with Gasteiger partial charge < -0.3 is 24.3 Å². The monoisotopic (exact) mass is 380 g/mol. The third kappa shape index (κ3) is 4.24. The van der Waals surface area contributed by atoms with E-state index < -0.39 is 41.2 Å². The number of carbonyl (C=O) groups excluding carboxylic acids is 2. The first-order valence-electron chi connectivity index (χ1n) is 8.36. The van der Waals surface area contributed by atoms with E-state index in [4.69, 9.17) is 18.9 Å². The standard InChI is InChI=1S/C17H20N2O8/c1-9(20)18-13-12(25-16-14(13)26-17(2,3)27-16)8-24-15(21)10-4-6-11(7-5-10)19(22)23/h4-7,12-14,16H,8H2,1-3H3,(H,18,20)/t12-,13-,14+,16-/m0/s1. The van der Waals surface area contributed by atoms with Gasteiger partial charge in [0.2, 0.25) is 5.91 Å². The Hall–Kier alpha value is -2.56. The molecule has 3 rings (SSSR count). The number of fused-ring (bicyclic) bond motifs is 1. The van der Waals surface area contributed by atoms with Gasteiger partial charge in [0.15, 0.2) is 12.1 Å². The van der Waals surface area contributed by atoms with Crippen molar-refractivity contribution in [2.75, 3.05) is 6.61 Å². The third-order valence-electron chi connectivity index (χ3n) is 4.21. The zero-order chi connectivity index (χ0) is 19.8. The minimum absolute atomic E-state index is 0.124. The summed E-state index contributed by atoms with van der Waals surface area (Å²) in [4.78, 5) is 33.8. The largest absolute Gasteiger partial charge is 0.459 e. The summed E-state index contributed by atoms with van der Waals surface area (Å²) in [6.45, 7) is 4.71. The van der Waals surface area contributed by atoms with Gasteiger partial charge >= 0.3 is 5.97 Å². The van der Waals surface area contributed by atoms with Crippen LogP contribution in [0.25, 0.3) is 0 Å².